The average molecular weight is 310 g/mol. The third-order valence-electron chi connectivity index (χ3n) is 2.82. The van der Waals surface area contributed by atoms with Crippen LogP contribution in [-0.4, -0.2) is 26.3 Å². The number of hydrogen-bond donors (Lipinski definition) is 2. The predicted octanol–water partition coefficient (Wildman–Crippen LogP) is 3.09. The van der Waals surface area contributed by atoms with Gasteiger partial charge in [-0.25, -0.2) is 0 Å². The Morgan fingerprint density at radius 2 is 1.76 bits per heavy atom. The minimum atomic E-state index is 0.347. The number of rotatable bonds is 5. The molecule has 0 saturated carbocycles. The Labute approximate surface area is 127 Å². The van der Waals surface area contributed by atoms with E-state index >= 15 is 0 Å². The van der Waals surface area contributed by atoms with Crippen molar-refractivity contribution in [3.05, 3.63) is 29.3 Å². The summed E-state index contributed by atoms with van der Waals surface area (Å²) in [7, 11) is 4.61. The number of aromatic nitrogens is 1. The van der Waals surface area contributed by atoms with E-state index in [0.717, 1.165) is 0 Å². The van der Waals surface area contributed by atoms with E-state index in [9.17, 15) is 0 Å². The van der Waals surface area contributed by atoms with Gasteiger partial charge in [-0.05, 0) is 12.1 Å². The molecule has 0 atom stereocenters. The van der Waals surface area contributed by atoms with E-state index in [-0.39, 0.29) is 0 Å². The van der Waals surface area contributed by atoms with Crippen LogP contribution in [0.4, 0.5) is 17.2 Å². The maximum atomic E-state index is 6.07. The lowest BCUT2D eigenvalue weighted by atomic mass is 10.2. The van der Waals surface area contributed by atoms with Gasteiger partial charge in [0.1, 0.15) is 17.3 Å². The van der Waals surface area contributed by atoms with Crippen LogP contribution in [0, 0.1) is 0 Å². The van der Waals surface area contributed by atoms with Crippen molar-refractivity contribution in [2.24, 2.45) is 0 Å². The number of nitrogens with two attached hydrogens (primary N) is 1. The monoisotopic (exact) mass is 309 g/mol. The third kappa shape index (κ3) is 3.22. The highest BCUT2D eigenvalue weighted by atomic mass is 35.5. The molecule has 3 N–H and O–H groups in total. The molecule has 0 amide bonds. The van der Waals surface area contributed by atoms with Crippen molar-refractivity contribution in [3.8, 4) is 17.4 Å². The van der Waals surface area contributed by atoms with Crippen molar-refractivity contribution < 1.29 is 14.2 Å². The highest BCUT2D eigenvalue weighted by Gasteiger charge is 2.11. The Morgan fingerprint density at radius 1 is 1.05 bits per heavy atom. The van der Waals surface area contributed by atoms with E-state index < -0.39 is 0 Å². The number of nitrogens with one attached hydrogen (secondary N) is 1. The van der Waals surface area contributed by atoms with Gasteiger partial charge < -0.3 is 25.3 Å². The van der Waals surface area contributed by atoms with Gasteiger partial charge >= 0.3 is 0 Å². The molecule has 1 heterocycles. The molecule has 21 heavy (non-hydrogen) atoms. The quantitative estimate of drug-likeness (QED) is 0.883. The van der Waals surface area contributed by atoms with Crippen molar-refractivity contribution in [2.45, 2.75) is 0 Å². The zero-order valence-electron chi connectivity index (χ0n) is 11.9. The molecule has 0 aliphatic rings. The van der Waals surface area contributed by atoms with Crippen molar-refractivity contribution in [3.63, 3.8) is 0 Å². The smallest absolute Gasteiger partial charge is 0.238 e. The number of hydrogen-bond acceptors (Lipinski definition) is 6. The number of pyridine rings is 1. The van der Waals surface area contributed by atoms with Crippen molar-refractivity contribution in [1.82, 2.24) is 4.98 Å². The van der Waals surface area contributed by atoms with Crippen molar-refractivity contribution in [1.29, 1.82) is 0 Å². The maximum absolute atomic E-state index is 6.07. The molecule has 0 aliphatic carbocycles. The summed E-state index contributed by atoms with van der Waals surface area (Å²) in [6, 6.07) is 6.83. The van der Waals surface area contributed by atoms with Crippen LogP contribution in [0.15, 0.2) is 24.3 Å². The molecule has 0 radical (unpaired) electrons. The molecule has 0 bridgehead atoms. The molecule has 0 spiro atoms. The van der Waals surface area contributed by atoms with Crippen molar-refractivity contribution in [2.75, 3.05) is 32.4 Å². The summed E-state index contributed by atoms with van der Waals surface area (Å²) in [5, 5.41) is 3.58. The zero-order valence-corrected chi connectivity index (χ0v) is 12.7. The minimum Gasteiger partial charge on any atom is -0.495 e. The Kier molecular flexibility index (Phi) is 4.59. The molecule has 0 unspecified atom stereocenters. The van der Waals surface area contributed by atoms with Gasteiger partial charge in [-0.15, -0.1) is 0 Å². The Balaban J connectivity index is 2.38. The summed E-state index contributed by atoms with van der Waals surface area (Å²) in [6.45, 7) is 0. The molecule has 0 fully saturated rings. The van der Waals surface area contributed by atoms with E-state index in [4.69, 9.17) is 31.5 Å². The molecule has 7 heteroatoms. The van der Waals surface area contributed by atoms with Gasteiger partial charge in [0.15, 0.2) is 0 Å². The van der Waals surface area contributed by atoms with E-state index in [0.29, 0.717) is 39.6 Å². The summed E-state index contributed by atoms with van der Waals surface area (Å²) in [4.78, 5) is 4.25. The normalized spacial score (nSPS) is 10.1. The predicted molar refractivity (Wildman–Crippen MR) is 83.0 cm³/mol. The first-order valence-corrected chi connectivity index (χ1v) is 6.46. The van der Waals surface area contributed by atoms with Crippen LogP contribution in [0.2, 0.25) is 5.02 Å². The first kappa shape index (κ1) is 15.1. The van der Waals surface area contributed by atoms with Gasteiger partial charge in [-0.2, -0.15) is 4.98 Å². The standard InChI is InChI=1S/C14H16ClN3O3/c1-19-11-7-10(12(20-2)6-8(11)15)17-13-5-4-9(16)14(18-13)21-3/h4-7H,16H2,1-3H3,(H,17,18). The number of halogens is 1. The summed E-state index contributed by atoms with van der Waals surface area (Å²) in [5.41, 5.74) is 6.86. The lowest BCUT2D eigenvalue weighted by molar-refractivity contribution is 0.400. The number of anilines is 3. The number of nitrogen functional groups attached to an aromatic ring is 1. The Hall–Kier alpha value is -2.34. The van der Waals surface area contributed by atoms with Gasteiger partial charge in [0.05, 0.1) is 37.7 Å². The molecular weight excluding hydrogens is 294 g/mol. The molecule has 6 nitrogen and oxygen atoms in total. The van der Waals surface area contributed by atoms with E-state index in [1.54, 1.807) is 38.5 Å². The maximum Gasteiger partial charge on any atom is 0.238 e. The largest absolute Gasteiger partial charge is 0.495 e. The van der Waals surface area contributed by atoms with E-state index in [1.807, 2.05) is 0 Å². The van der Waals surface area contributed by atoms with Crippen LogP contribution in [-0.2, 0) is 0 Å². The van der Waals surface area contributed by atoms with Crippen LogP contribution < -0.4 is 25.3 Å². The minimum absolute atomic E-state index is 0.347. The molecule has 1 aromatic carbocycles. The lowest BCUT2D eigenvalue weighted by Crippen LogP contribution is -2.01. The molecule has 112 valence electrons. The first-order valence-electron chi connectivity index (χ1n) is 6.08. The van der Waals surface area contributed by atoms with Gasteiger partial charge in [0.25, 0.3) is 0 Å². The van der Waals surface area contributed by atoms with Crippen LogP contribution in [0.3, 0.4) is 0 Å². The lowest BCUT2D eigenvalue weighted by Gasteiger charge is -2.14. The Bertz CT molecular complexity index is 650. The van der Waals surface area contributed by atoms with Gasteiger partial charge in [-0.1, -0.05) is 11.6 Å². The first-order chi connectivity index (χ1) is 10.1. The summed E-state index contributed by atoms with van der Waals surface area (Å²) in [6.07, 6.45) is 0. The highest BCUT2D eigenvalue weighted by molar-refractivity contribution is 6.32. The van der Waals surface area contributed by atoms with Crippen LogP contribution >= 0.6 is 11.6 Å². The second-order valence-corrected chi connectivity index (χ2v) is 4.51. The fourth-order valence-electron chi connectivity index (χ4n) is 1.78. The van der Waals surface area contributed by atoms with E-state index in [2.05, 4.69) is 10.3 Å². The molecular formula is C14H16ClN3O3. The Morgan fingerprint density at radius 3 is 2.38 bits per heavy atom. The molecule has 2 rings (SSSR count). The number of benzene rings is 1. The van der Waals surface area contributed by atoms with Crippen LogP contribution in [0.25, 0.3) is 0 Å². The SMILES string of the molecule is COc1cc(Nc2ccc(N)c(OC)n2)c(OC)cc1Cl. The van der Waals surface area contributed by atoms with Crippen LogP contribution in [0.1, 0.15) is 0 Å². The van der Waals surface area contributed by atoms with E-state index in [1.165, 1.54) is 7.11 Å². The molecule has 2 aromatic rings. The molecule has 1 aromatic heterocycles. The summed E-state index contributed by atoms with van der Waals surface area (Å²) in [5.74, 6) is 2.00. The fraction of sp³-hybridized carbons (Fsp3) is 0.214. The number of methoxy groups -OCH3 is 3. The van der Waals surface area contributed by atoms with Gasteiger partial charge in [0.2, 0.25) is 5.88 Å². The molecule has 0 saturated heterocycles. The molecule has 0 aliphatic heterocycles. The van der Waals surface area contributed by atoms with Crippen molar-refractivity contribution >= 4 is 28.8 Å². The summed E-state index contributed by atoms with van der Waals surface area (Å²) < 4.78 is 15.6. The second-order valence-electron chi connectivity index (χ2n) is 4.11. The topological polar surface area (TPSA) is 78.6 Å². The van der Waals surface area contributed by atoms with Gasteiger partial charge in [-0.3, -0.25) is 0 Å². The number of ether oxygens (including phenoxy) is 3. The van der Waals surface area contributed by atoms with Gasteiger partial charge in [0, 0.05) is 12.1 Å². The fourth-order valence-corrected chi connectivity index (χ4v) is 2.01. The third-order valence-corrected chi connectivity index (χ3v) is 3.12. The number of nitrogens with zero attached hydrogens (tertiary/aromatic N) is 1. The second kappa shape index (κ2) is 6.41. The average Bonchev–Trinajstić information content (AvgIpc) is 2.50. The zero-order chi connectivity index (χ0) is 15.4. The van der Waals surface area contributed by atoms with Crippen LogP contribution in [0.5, 0.6) is 17.4 Å². The highest BCUT2D eigenvalue weighted by Crippen LogP contribution is 2.37. The summed E-state index contributed by atoms with van der Waals surface area (Å²) >= 11 is 6.07.